The maximum Gasteiger partial charge on any atom is 0.254 e. The molecule has 1 saturated carbocycles. The van der Waals surface area contributed by atoms with Gasteiger partial charge in [0.05, 0.1) is 11.6 Å². The van der Waals surface area contributed by atoms with Crippen LogP contribution in [-0.4, -0.2) is 49.6 Å². The highest BCUT2D eigenvalue weighted by Crippen LogP contribution is 2.38. The van der Waals surface area contributed by atoms with Crippen molar-refractivity contribution in [3.05, 3.63) is 22.7 Å². The Balaban J connectivity index is 1.70. The molecule has 22 heavy (non-hydrogen) atoms. The van der Waals surface area contributed by atoms with Crippen molar-refractivity contribution in [1.29, 1.82) is 0 Å². The number of ether oxygens (including phenoxy) is 2. The lowest BCUT2D eigenvalue weighted by atomic mass is 10.1. The van der Waals surface area contributed by atoms with E-state index in [-0.39, 0.29) is 24.4 Å². The lowest BCUT2D eigenvalue weighted by molar-refractivity contribution is -0.121. The van der Waals surface area contributed by atoms with Gasteiger partial charge in [0.2, 0.25) is 5.91 Å². The summed E-state index contributed by atoms with van der Waals surface area (Å²) in [6, 6.07) is 3.41. The zero-order chi connectivity index (χ0) is 15.7. The third-order valence-electron chi connectivity index (χ3n) is 3.51. The molecule has 3 rings (SSSR count). The average Bonchev–Trinajstić information content (AvgIpc) is 3.30. The van der Waals surface area contributed by atoms with Crippen LogP contribution in [0.2, 0.25) is 5.02 Å². The molecule has 1 N–H and O–H groups in total. The molecular formula is C15H17ClN2O4. The molecule has 0 saturated heterocycles. The summed E-state index contributed by atoms with van der Waals surface area (Å²) in [5, 5.41) is 3.18. The molecule has 0 bridgehead atoms. The summed E-state index contributed by atoms with van der Waals surface area (Å²) in [7, 11) is 1.58. The highest BCUT2D eigenvalue weighted by molar-refractivity contribution is 6.32. The Bertz CT molecular complexity index is 616. The van der Waals surface area contributed by atoms with Crippen LogP contribution in [0.4, 0.5) is 0 Å². The Hall–Kier alpha value is -1.95. The molecule has 0 aromatic heterocycles. The Morgan fingerprint density at radius 2 is 2.05 bits per heavy atom. The number of carbonyl (C=O) groups is 2. The van der Waals surface area contributed by atoms with Gasteiger partial charge in [-0.2, -0.15) is 0 Å². The quantitative estimate of drug-likeness (QED) is 0.910. The van der Waals surface area contributed by atoms with Crippen LogP contribution in [0.5, 0.6) is 11.5 Å². The maximum absolute atomic E-state index is 12.4. The zero-order valence-corrected chi connectivity index (χ0v) is 13.0. The predicted octanol–water partition coefficient (Wildman–Crippen LogP) is 1.46. The minimum atomic E-state index is -0.287. The third-order valence-corrected chi connectivity index (χ3v) is 3.79. The van der Waals surface area contributed by atoms with Crippen molar-refractivity contribution in [2.45, 2.75) is 18.9 Å². The largest absolute Gasteiger partial charge is 0.486 e. The fourth-order valence-electron chi connectivity index (χ4n) is 2.24. The van der Waals surface area contributed by atoms with E-state index in [0.717, 1.165) is 12.8 Å². The van der Waals surface area contributed by atoms with E-state index in [1.807, 2.05) is 0 Å². The SMILES string of the molecule is CN(CC(=O)NC1CC1)C(=O)c1cc(Cl)c2c(c1)OCCO2. The second-order valence-electron chi connectivity index (χ2n) is 5.49. The number of nitrogens with zero attached hydrogens (tertiary/aromatic N) is 1. The number of halogens is 1. The molecule has 118 valence electrons. The first-order chi connectivity index (χ1) is 10.5. The van der Waals surface area contributed by atoms with Gasteiger partial charge in [-0.3, -0.25) is 9.59 Å². The summed E-state index contributed by atoms with van der Waals surface area (Å²) in [5.74, 6) is 0.475. The number of hydrogen-bond acceptors (Lipinski definition) is 4. The Labute approximate surface area is 133 Å². The Kier molecular flexibility index (Phi) is 4.11. The monoisotopic (exact) mass is 324 g/mol. The molecular weight excluding hydrogens is 308 g/mol. The highest BCUT2D eigenvalue weighted by atomic mass is 35.5. The zero-order valence-electron chi connectivity index (χ0n) is 12.2. The molecule has 2 aliphatic rings. The van der Waals surface area contributed by atoms with Crippen molar-refractivity contribution in [2.75, 3.05) is 26.8 Å². The van der Waals surface area contributed by atoms with Crippen LogP contribution in [-0.2, 0) is 4.79 Å². The first-order valence-electron chi connectivity index (χ1n) is 7.18. The molecule has 7 heteroatoms. The van der Waals surface area contributed by atoms with Gasteiger partial charge in [-0.1, -0.05) is 11.6 Å². The van der Waals surface area contributed by atoms with E-state index in [4.69, 9.17) is 21.1 Å². The van der Waals surface area contributed by atoms with Gasteiger partial charge >= 0.3 is 0 Å². The topological polar surface area (TPSA) is 67.9 Å². The van der Waals surface area contributed by atoms with Gasteiger partial charge in [0.1, 0.15) is 13.2 Å². The van der Waals surface area contributed by atoms with Gasteiger partial charge in [0.15, 0.2) is 11.5 Å². The van der Waals surface area contributed by atoms with Gasteiger partial charge in [0, 0.05) is 18.7 Å². The van der Waals surface area contributed by atoms with Gasteiger partial charge in [-0.15, -0.1) is 0 Å². The minimum absolute atomic E-state index is 0.0153. The number of benzene rings is 1. The molecule has 1 heterocycles. The van der Waals surface area contributed by atoms with Crippen molar-refractivity contribution in [1.82, 2.24) is 10.2 Å². The minimum Gasteiger partial charge on any atom is -0.486 e. The number of rotatable bonds is 4. The van der Waals surface area contributed by atoms with Gasteiger partial charge < -0.3 is 19.7 Å². The van der Waals surface area contributed by atoms with Gasteiger partial charge in [0.25, 0.3) is 5.91 Å². The van der Waals surface area contributed by atoms with Crippen molar-refractivity contribution >= 4 is 23.4 Å². The normalized spacial score (nSPS) is 16.1. The number of carbonyl (C=O) groups excluding carboxylic acids is 2. The molecule has 1 aromatic rings. The van der Waals surface area contributed by atoms with E-state index in [0.29, 0.717) is 35.3 Å². The molecule has 2 amide bonds. The average molecular weight is 325 g/mol. The van der Waals surface area contributed by atoms with Crippen LogP contribution >= 0.6 is 11.6 Å². The molecule has 1 aliphatic carbocycles. The van der Waals surface area contributed by atoms with Gasteiger partial charge in [-0.05, 0) is 25.0 Å². The first kappa shape index (κ1) is 15.0. The number of nitrogens with one attached hydrogen (secondary N) is 1. The summed E-state index contributed by atoms with van der Waals surface area (Å²) < 4.78 is 10.9. The molecule has 6 nitrogen and oxygen atoms in total. The van der Waals surface area contributed by atoms with Gasteiger partial charge in [-0.25, -0.2) is 0 Å². The number of likely N-dealkylation sites (N-methyl/N-ethyl adjacent to an activating group) is 1. The number of fused-ring (bicyclic) bond motifs is 1. The second kappa shape index (κ2) is 6.04. The predicted molar refractivity (Wildman–Crippen MR) is 80.6 cm³/mol. The van der Waals surface area contributed by atoms with E-state index >= 15 is 0 Å². The molecule has 1 aliphatic heterocycles. The summed E-state index contributed by atoms with van der Waals surface area (Å²) in [6.07, 6.45) is 2.03. The lowest BCUT2D eigenvalue weighted by Crippen LogP contribution is -2.39. The third kappa shape index (κ3) is 3.27. The summed E-state index contributed by atoms with van der Waals surface area (Å²) in [4.78, 5) is 25.5. The van der Waals surface area contributed by atoms with Crippen LogP contribution in [0, 0.1) is 0 Å². The Morgan fingerprint density at radius 1 is 1.32 bits per heavy atom. The molecule has 1 fully saturated rings. The van der Waals surface area contributed by atoms with Crippen molar-refractivity contribution in [2.24, 2.45) is 0 Å². The van der Waals surface area contributed by atoms with E-state index in [2.05, 4.69) is 5.32 Å². The summed E-state index contributed by atoms with van der Waals surface area (Å²) >= 11 is 6.12. The van der Waals surface area contributed by atoms with Crippen LogP contribution in [0.25, 0.3) is 0 Å². The van der Waals surface area contributed by atoms with Crippen LogP contribution < -0.4 is 14.8 Å². The maximum atomic E-state index is 12.4. The number of hydrogen-bond donors (Lipinski definition) is 1. The summed E-state index contributed by atoms with van der Waals surface area (Å²) in [5.41, 5.74) is 0.371. The highest BCUT2D eigenvalue weighted by Gasteiger charge is 2.25. The number of amides is 2. The molecule has 0 atom stereocenters. The van der Waals surface area contributed by atoms with Crippen LogP contribution in [0.1, 0.15) is 23.2 Å². The Morgan fingerprint density at radius 3 is 2.77 bits per heavy atom. The smallest absolute Gasteiger partial charge is 0.254 e. The van der Waals surface area contributed by atoms with E-state index < -0.39 is 0 Å². The fourth-order valence-corrected chi connectivity index (χ4v) is 2.51. The fraction of sp³-hybridized carbons (Fsp3) is 0.467. The van der Waals surface area contributed by atoms with Crippen molar-refractivity contribution < 1.29 is 19.1 Å². The first-order valence-corrected chi connectivity index (χ1v) is 7.56. The van der Waals surface area contributed by atoms with Crippen molar-refractivity contribution in [3.8, 4) is 11.5 Å². The molecule has 0 unspecified atom stereocenters. The molecule has 0 radical (unpaired) electrons. The van der Waals surface area contributed by atoms with E-state index in [9.17, 15) is 9.59 Å². The van der Waals surface area contributed by atoms with E-state index in [1.54, 1.807) is 13.1 Å². The lowest BCUT2D eigenvalue weighted by Gasteiger charge is -2.22. The standard InChI is InChI=1S/C15H17ClN2O4/c1-18(8-13(19)17-10-2-3-10)15(20)9-6-11(16)14-12(7-9)21-4-5-22-14/h6-7,10H,2-5,8H2,1H3,(H,17,19). The molecule has 0 spiro atoms. The van der Waals surface area contributed by atoms with Crippen LogP contribution in [0.15, 0.2) is 12.1 Å². The molecule has 1 aromatic carbocycles. The van der Waals surface area contributed by atoms with E-state index in [1.165, 1.54) is 11.0 Å². The summed E-state index contributed by atoms with van der Waals surface area (Å²) in [6.45, 7) is 0.864. The van der Waals surface area contributed by atoms with Crippen LogP contribution in [0.3, 0.4) is 0 Å². The van der Waals surface area contributed by atoms with Crippen molar-refractivity contribution in [3.63, 3.8) is 0 Å². The second-order valence-corrected chi connectivity index (χ2v) is 5.89.